The molecule has 0 spiro atoms. The van der Waals surface area contributed by atoms with Crippen LogP contribution >= 0.6 is 0 Å². The fourth-order valence-electron chi connectivity index (χ4n) is 1.88. The molecule has 1 aromatic carbocycles. The highest BCUT2D eigenvalue weighted by molar-refractivity contribution is 7.91. The maximum atomic E-state index is 13.1. The molecular weight excluding hydrogens is 229 g/mol. The summed E-state index contributed by atoms with van der Waals surface area (Å²) in [5.41, 5.74) is 1.38. The van der Waals surface area contributed by atoms with E-state index >= 15 is 0 Å². The van der Waals surface area contributed by atoms with Crippen molar-refractivity contribution < 1.29 is 12.8 Å². The Balaban J connectivity index is 2.27. The third-order valence-electron chi connectivity index (χ3n) is 2.81. The van der Waals surface area contributed by atoms with Gasteiger partial charge < -0.3 is 5.32 Å². The molecule has 2 rings (SSSR count). The van der Waals surface area contributed by atoms with Gasteiger partial charge >= 0.3 is 0 Å². The SMILES string of the molecule is Cc1cc(C2CS(=O)(=O)CCN2)ccc1F. The summed E-state index contributed by atoms with van der Waals surface area (Å²) >= 11 is 0. The smallest absolute Gasteiger partial charge is 0.153 e. The molecule has 1 aromatic rings. The molecule has 1 fully saturated rings. The Bertz CT molecular complexity index is 499. The standard InChI is InChI=1S/C11H14FNO2S/c1-8-6-9(2-3-10(8)12)11-7-16(14,15)5-4-13-11/h2-3,6,11,13H,4-5,7H2,1H3. The maximum absolute atomic E-state index is 13.1. The van der Waals surface area contributed by atoms with Gasteiger partial charge in [0.15, 0.2) is 9.84 Å². The second kappa shape index (κ2) is 4.14. The van der Waals surface area contributed by atoms with E-state index in [9.17, 15) is 12.8 Å². The van der Waals surface area contributed by atoms with Crippen LogP contribution in [0.15, 0.2) is 18.2 Å². The lowest BCUT2D eigenvalue weighted by atomic mass is 10.1. The number of rotatable bonds is 1. The lowest BCUT2D eigenvalue weighted by Gasteiger charge is -2.24. The first-order chi connectivity index (χ1) is 7.48. The van der Waals surface area contributed by atoms with Crippen LogP contribution < -0.4 is 5.32 Å². The molecule has 0 radical (unpaired) electrons. The van der Waals surface area contributed by atoms with Gasteiger partial charge in [0.2, 0.25) is 0 Å². The van der Waals surface area contributed by atoms with Gasteiger partial charge in [0, 0.05) is 12.6 Å². The summed E-state index contributed by atoms with van der Waals surface area (Å²) in [6, 6.07) is 4.51. The minimum absolute atomic E-state index is 0.0953. The van der Waals surface area contributed by atoms with Gasteiger partial charge in [-0.2, -0.15) is 0 Å². The number of hydrogen-bond acceptors (Lipinski definition) is 3. The molecule has 1 heterocycles. The molecule has 0 aliphatic carbocycles. The molecular formula is C11H14FNO2S. The van der Waals surface area contributed by atoms with Crippen LogP contribution in [-0.4, -0.2) is 26.5 Å². The van der Waals surface area contributed by atoms with Gasteiger partial charge in [0.1, 0.15) is 5.82 Å². The van der Waals surface area contributed by atoms with Crippen molar-refractivity contribution in [1.29, 1.82) is 0 Å². The number of benzene rings is 1. The summed E-state index contributed by atoms with van der Waals surface area (Å²) in [5.74, 6) is 0.0179. The van der Waals surface area contributed by atoms with E-state index in [1.165, 1.54) is 6.07 Å². The first kappa shape index (κ1) is 11.5. The van der Waals surface area contributed by atoms with E-state index in [1.54, 1.807) is 19.1 Å². The minimum atomic E-state index is -2.96. The third kappa shape index (κ3) is 2.41. The lowest BCUT2D eigenvalue weighted by molar-refractivity contribution is 0.529. The number of sulfone groups is 1. The number of aryl methyl sites for hydroxylation is 1. The van der Waals surface area contributed by atoms with E-state index in [-0.39, 0.29) is 23.4 Å². The Hall–Kier alpha value is -0.940. The summed E-state index contributed by atoms with van der Waals surface area (Å²) in [4.78, 5) is 0. The molecule has 1 aliphatic rings. The molecule has 1 saturated heterocycles. The van der Waals surface area contributed by atoms with Crippen LogP contribution in [0.3, 0.4) is 0 Å². The van der Waals surface area contributed by atoms with Crippen LogP contribution in [0.4, 0.5) is 4.39 Å². The zero-order valence-electron chi connectivity index (χ0n) is 9.03. The van der Waals surface area contributed by atoms with Gasteiger partial charge in [0.05, 0.1) is 11.5 Å². The minimum Gasteiger partial charge on any atom is -0.308 e. The van der Waals surface area contributed by atoms with Crippen LogP contribution in [-0.2, 0) is 9.84 Å². The van der Waals surface area contributed by atoms with Crippen molar-refractivity contribution in [3.05, 3.63) is 35.1 Å². The van der Waals surface area contributed by atoms with Crippen molar-refractivity contribution in [2.75, 3.05) is 18.1 Å². The van der Waals surface area contributed by atoms with Crippen molar-refractivity contribution in [3.63, 3.8) is 0 Å². The van der Waals surface area contributed by atoms with E-state index in [0.29, 0.717) is 12.1 Å². The van der Waals surface area contributed by atoms with E-state index in [1.807, 2.05) is 0 Å². The summed E-state index contributed by atoms with van der Waals surface area (Å²) in [5, 5.41) is 3.14. The summed E-state index contributed by atoms with van der Waals surface area (Å²) < 4.78 is 36.0. The molecule has 0 saturated carbocycles. The molecule has 0 amide bonds. The first-order valence-electron chi connectivity index (χ1n) is 5.18. The van der Waals surface area contributed by atoms with Gasteiger partial charge in [-0.1, -0.05) is 12.1 Å². The Morgan fingerprint density at radius 1 is 1.44 bits per heavy atom. The lowest BCUT2D eigenvalue weighted by Crippen LogP contribution is -2.39. The fourth-order valence-corrected chi connectivity index (χ4v) is 3.30. The second-order valence-corrected chi connectivity index (χ2v) is 6.36. The normalized spacial score (nSPS) is 24.2. The molecule has 1 atom stereocenters. The highest BCUT2D eigenvalue weighted by atomic mass is 32.2. The quantitative estimate of drug-likeness (QED) is 0.806. The zero-order chi connectivity index (χ0) is 11.8. The van der Waals surface area contributed by atoms with Crippen molar-refractivity contribution in [2.45, 2.75) is 13.0 Å². The van der Waals surface area contributed by atoms with Gasteiger partial charge in [0.25, 0.3) is 0 Å². The van der Waals surface area contributed by atoms with E-state index < -0.39 is 9.84 Å². The topological polar surface area (TPSA) is 46.2 Å². The predicted molar refractivity (Wildman–Crippen MR) is 60.5 cm³/mol. The van der Waals surface area contributed by atoms with Crippen molar-refractivity contribution >= 4 is 9.84 Å². The maximum Gasteiger partial charge on any atom is 0.153 e. The monoisotopic (exact) mass is 243 g/mol. The van der Waals surface area contributed by atoms with Gasteiger partial charge in [-0.3, -0.25) is 0 Å². The highest BCUT2D eigenvalue weighted by Gasteiger charge is 2.25. The van der Waals surface area contributed by atoms with Crippen LogP contribution in [0.2, 0.25) is 0 Å². The Labute approximate surface area is 94.6 Å². The van der Waals surface area contributed by atoms with Crippen molar-refractivity contribution in [3.8, 4) is 0 Å². The Morgan fingerprint density at radius 3 is 2.81 bits per heavy atom. The largest absolute Gasteiger partial charge is 0.308 e. The van der Waals surface area contributed by atoms with E-state index in [0.717, 1.165) is 5.56 Å². The summed E-state index contributed by atoms with van der Waals surface area (Å²) in [6.07, 6.45) is 0. The van der Waals surface area contributed by atoms with Crippen LogP contribution in [0.25, 0.3) is 0 Å². The molecule has 1 N–H and O–H groups in total. The molecule has 0 bridgehead atoms. The van der Waals surface area contributed by atoms with Gasteiger partial charge in [-0.05, 0) is 24.1 Å². The molecule has 3 nitrogen and oxygen atoms in total. The molecule has 0 aromatic heterocycles. The fraction of sp³-hybridized carbons (Fsp3) is 0.455. The van der Waals surface area contributed by atoms with Crippen molar-refractivity contribution in [2.24, 2.45) is 0 Å². The van der Waals surface area contributed by atoms with E-state index in [4.69, 9.17) is 0 Å². The Kier molecular flexibility index (Phi) is 2.99. The molecule has 1 unspecified atom stereocenters. The molecule has 88 valence electrons. The molecule has 16 heavy (non-hydrogen) atoms. The van der Waals surface area contributed by atoms with Crippen molar-refractivity contribution in [1.82, 2.24) is 5.32 Å². The first-order valence-corrected chi connectivity index (χ1v) is 7.00. The average molecular weight is 243 g/mol. The van der Waals surface area contributed by atoms with E-state index in [2.05, 4.69) is 5.32 Å². The van der Waals surface area contributed by atoms with Crippen LogP contribution in [0.5, 0.6) is 0 Å². The molecule has 1 aliphatic heterocycles. The highest BCUT2D eigenvalue weighted by Crippen LogP contribution is 2.20. The average Bonchev–Trinajstić information content (AvgIpc) is 2.20. The van der Waals surface area contributed by atoms with Crippen LogP contribution in [0, 0.1) is 12.7 Å². The van der Waals surface area contributed by atoms with Crippen LogP contribution in [0.1, 0.15) is 17.2 Å². The number of hydrogen-bond donors (Lipinski definition) is 1. The summed E-state index contributed by atoms with van der Waals surface area (Å²) in [6.45, 7) is 2.14. The molecule has 5 heteroatoms. The Morgan fingerprint density at radius 2 is 2.19 bits per heavy atom. The summed E-state index contributed by atoms with van der Waals surface area (Å²) in [7, 11) is -2.96. The number of halogens is 1. The zero-order valence-corrected chi connectivity index (χ0v) is 9.85. The number of nitrogens with one attached hydrogen (secondary N) is 1. The predicted octanol–water partition coefficient (Wildman–Crippen LogP) is 1.19. The second-order valence-electron chi connectivity index (χ2n) is 4.13. The van der Waals surface area contributed by atoms with Gasteiger partial charge in [-0.25, -0.2) is 12.8 Å². The third-order valence-corrected chi connectivity index (χ3v) is 4.48. The van der Waals surface area contributed by atoms with Gasteiger partial charge in [-0.15, -0.1) is 0 Å².